The lowest BCUT2D eigenvalue weighted by atomic mass is 10.3. The highest BCUT2D eigenvalue weighted by molar-refractivity contribution is 8.05. The van der Waals surface area contributed by atoms with Gasteiger partial charge in [0.1, 0.15) is 11.6 Å². The van der Waals surface area contributed by atoms with Crippen LogP contribution in [0.25, 0.3) is 0 Å². The molecular formula is C14H10F2S2. The van der Waals surface area contributed by atoms with Gasteiger partial charge in [-0.3, -0.25) is 0 Å². The van der Waals surface area contributed by atoms with Gasteiger partial charge in [-0.1, -0.05) is 47.8 Å². The summed E-state index contributed by atoms with van der Waals surface area (Å²) in [5.41, 5.74) is 0. The van der Waals surface area contributed by atoms with Crippen LogP contribution in [0.5, 0.6) is 0 Å². The van der Waals surface area contributed by atoms with E-state index >= 15 is 0 Å². The van der Waals surface area contributed by atoms with Crippen LogP contribution in [-0.4, -0.2) is 0 Å². The Balaban J connectivity index is 1.94. The molecule has 0 bridgehead atoms. The fraction of sp³-hybridized carbons (Fsp3) is 0. The highest BCUT2D eigenvalue weighted by Crippen LogP contribution is 2.27. The second-order valence-corrected chi connectivity index (χ2v) is 5.26. The van der Waals surface area contributed by atoms with Crippen LogP contribution >= 0.6 is 23.5 Å². The van der Waals surface area contributed by atoms with Gasteiger partial charge < -0.3 is 0 Å². The first-order chi connectivity index (χ1) is 8.77. The summed E-state index contributed by atoms with van der Waals surface area (Å²) in [4.78, 5) is 1.12. The molecule has 0 atom stereocenters. The van der Waals surface area contributed by atoms with E-state index in [1.54, 1.807) is 47.2 Å². The molecule has 0 spiro atoms. The summed E-state index contributed by atoms with van der Waals surface area (Å²) in [5.74, 6) is -0.494. The fourth-order valence-electron chi connectivity index (χ4n) is 1.28. The van der Waals surface area contributed by atoms with Crippen LogP contribution < -0.4 is 0 Å². The Labute approximate surface area is 113 Å². The summed E-state index contributed by atoms with van der Waals surface area (Å²) in [6, 6.07) is 13.1. The Morgan fingerprint density at radius 2 is 1.06 bits per heavy atom. The van der Waals surface area contributed by atoms with Crippen molar-refractivity contribution >= 4 is 23.5 Å². The van der Waals surface area contributed by atoms with E-state index in [4.69, 9.17) is 0 Å². The molecule has 2 rings (SSSR count). The zero-order chi connectivity index (χ0) is 12.8. The summed E-state index contributed by atoms with van der Waals surface area (Å²) in [7, 11) is 0. The van der Waals surface area contributed by atoms with Gasteiger partial charge in [0.25, 0.3) is 0 Å². The van der Waals surface area contributed by atoms with E-state index < -0.39 is 0 Å². The van der Waals surface area contributed by atoms with Gasteiger partial charge in [0, 0.05) is 9.79 Å². The van der Waals surface area contributed by atoms with Crippen LogP contribution in [-0.2, 0) is 0 Å². The topological polar surface area (TPSA) is 0 Å². The number of hydrogen-bond acceptors (Lipinski definition) is 2. The van der Waals surface area contributed by atoms with Crippen molar-refractivity contribution in [1.82, 2.24) is 0 Å². The average Bonchev–Trinajstić information content (AvgIpc) is 2.38. The minimum absolute atomic E-state index is 0.247. The van der Waals surface area contributed by atoms with Crippen molar-refractivity contribution < 1.29 is 8.78 Å². The van der Waals surface area contributed by atoms with Gasteiger partial charge in [0.15, 0.2) is 0 Å². The van der Waals surface area contributed by atoms with Crippen LogP contribution in [0, 0.1) is 11.6 Å². The van der Waals surface area contributed by atoms with Gasteiger partial charge in [0.05, 0.1) is 0 Å². The normalized spacial score (nSPS) is 11.0. The van der Waals surface area contributed by atoms with E-state index in [1.807, 2.05) is 0 Å². The molecule has 0 nitrogen and oxygen atoms in total. The molecule has 0 radical (unpaired) electrons. The predicted octanol–water partition coefficient (Wildman–Crippen LogP) is 5.32. The minimum atomic E-state index is -0.247. The van der Waals surface area contributed by atoms with Gasteiger partial charge in [0.2, 0.25) is 0 Å². The van der Waals surface area contributed by atoms with Gasteiger partial charge >= 0.3 is 0 Å². The first-order valence-corrected chi connectivity index (χ1v) is 7.00. The van der Waals surface area contributed by atoms with Crippen LogP contribution in [0.15, 0.2) is 69.1 Å². The van der Waals surface area contributed by atoms with Crippen LogP contribution in [0.3, 0.4) is 0 Å². The van der Waals surface area contributed by atoms with E-state index in [2.05, 4.69) is 0 Å². The van der Waals surface area contributed by atoms with Gasteiger partial charge in [-0.25, -0.2) is 8.78 Å². The second-order valence-electron chi connectivity index (χ2n) is 3.37. The average molecular weight is 280 g/mol. The summed E-state index contributed by atoms with van der Waals surface area (Å²) < 4.78 is 26.6. The molecule has 0 N–H and O–H groups in total. The van der Waals surface area contributed by atoms with E-state index in [1.165, 1.54) is 35.7 Å². The van der Waals surface area contributed by atoms with Gasteiger partial charge in [-0.05, 0) is 35.1 Å². The van der Waals surface area contributed by atoms with E-state index in [-0.39, 0.29) is 11.6 Å². The minimum Gasteiger partial charge on any atom is -0.206 e. The maximum absolute atomic E-state index is 13.3. The SMILES string of the molecule is Fc1ccccc1S/C=C\Sc1ccccc1F. The lowest BCUT2D eigenvalue weighted by Crippen LogP contribution is -1.77. The van der Waals surface area contributed by atoms with E-state index in [0.717, 1.165) is 0 Å². The number of thioether (sulfide) groups is 2. The van der Waals surface area contributed by atoms with Crippen LogP contribution in [0.2, 0.25) is 0 Å². The second kappa shape index (κ2) is 6.61. The molecule has 2 aromatic rings. The maximum Gasteiger partial charge on any atom is 0.137 e. The van der Waals surface area contributed by atoms with Crippen LogP contribution in [0.4, 0.5) is 8.78 Å². The molecule has 92 valence electrons. The molecule has 0 saturated carbocycles. The Morgan fingerprint density at radius 3 is 1.44 bits per heavy atom. The first-order valence-electron chi connectivity index (χ1n) is 5.25. The number of halogens is 2. The van der Waals surface area contributed by atoms with Crippen LogP contribution in [0.1, 0.15) is 0 Å². The van der Waals surface area contributed by atoms with Gasteiger partial charge in [-0.2, -0.15) is 0 Å². The maximum atomic E-state index is 13.3. The first kappa shape index (κ1) is 13.2. The van der Waals surface area contributed by atoms with Crippen molar-refractivity contribution in [3.05, 3.63) is 71.0 Å². The zero-order valence-electron chi connectivity index (χ0n) is 9.35. The van der Waals surface area contributed by atoms with Gasteiger partial charge in [-0.15, -0.1) is 0 Å². The van der Waals surface area contributed by atoms with Crippen molar-refractivity contribution in [1.29, 1.82) is 0 Å². The molecule has 0 aliphatic heterocycles. The largest absolute Gasteiger partial charge is 0.206 e. The molecule has 0 fully saturated rings. The van der Waals surface area contributed by atoms with E-state index in [9.17, 15) is 8.78 Å². The molecule has 4 heteroatoms. The monoisotopic (exact) mass is 280 g/mol. The van der Waals surface area contributed by atoms with Crippen molar-refractivity contribution in [2.75, 3.05) is 0 Å². The molecule has 0 aromatic heterocycles. The van der Waals surface area contributed by atoms with Crippen molar-refractivity contribution in [3.8, 4) is 0 Å². The Kier molecular flexibility index (Phi) is 4.84. The molecule has 0 heterocycles. The molecule has 0 aliphatic carbocycles. The van der Waals surface area contributed by atoms with Crippen molar-refractivity contribution in [3.63, 3.8) is 0 Å². The molecule has 2 aromatic carbocycles. The fourth-order valence-corrected chi connectivity index (χ4v) is 2.70. The molecule has 18 heavy (non-hydrogen) atoms. The standard InChI is InChI=1S/C14H10F2S2/c15-11-5-1-3-7-13(11)17-9-10-18-14-8-4-2-6-12(14)16/h1-10H/b10-9-. The summed E-state index contributed by atoms with van der Waals surface area (Å²) >= 11 is 2.55. The predicted molar refractivity (Wildman–Crippen MR) is 73.7 cm³/mol. The lowest BCUT2D eigenvalue weighted by Gasteiger charge is -1.98. The Bertz CT molecular complexity index is 503. The number of rotatable bonds is 4. The molecule has 0 aliphatic rings. The highest BCUT2D eigenvalue weighted by Gasteiger charge is 1.99. The molecule has 0 saturated heterocycles. The quantitative estimate of drug-likeness (QED) is 0.695. The third-order valence-electron chi connectivity index (χ3n) is 2.12. The number of hydrogen-bond donors (Lipinski definition) is 0. The number of benzene rings is 2. The Hall–Kier alpha value is -1.26. The summed E-state index contributed by atoms with van der Waals surface area (Å²) in [5, 5.41) is 3.49. The summed E-state index contributed by atoms with van der Waals surface area (Å²) in [6.07, 6.45) is 0. The summed E-state index contributed by atoms with van der Waals surface area (Å²) in [6.45, 7) is 0. The lowest BCUT2D eigenvalue weighted by molar-refractivity contribution is 0.602. The van der Waals surface area contributed by atoms with E-state index in [0.29, 0.717) is 9.79 Å². The Morgan fingerprint density at radius 1 is 0.667 bits per heavy atom. The third-order valence-corrected chi connectivity index (χ3v) is 4.01. The van der Waals surface area contributed by atoms with Crippen molar-refractivity contribution in [2.45, 2.75) is 9.79 Å². The van der Waals surface area contributed by atoms with Crippen molar-refractivity contribution in [2.24, 2.45) is 0 Å². The molecular weight excluding hydrogens is 270 g/mol. The third kappa shape index (κ3) is 3.62. The zero-order valence-corrected chi connectivity index (χ0v) is 11.0. The molecule has 0 unspecified atom stereocenters. The smallest absolute Gasteiger partial charge is 0.137 e. The molecule has 0 amide bonds. The highest BCUT2D eigenvalue weighted by atomic mass is 32.2.